The lowest BCUT2D eigenvalue weighted by Crippen LogP contribution is -2.63. The van der Waals surface area contributed by atoms with Crippen molar-refractivity contribution in [2.45, 2.75) is 32.7 Å². The number of hydrogen-bond acceptors (Lipinski definition) is 1. The molecule has 0 radical (unpaired) electrons. The molecule has 0 fully saturated rings. The molecule has 22 heavy (non-hydrogen) atoms. The fourth-order valence-corrected chi connectivity index (χ4v) is 7.81. The van der Waals surface area contributed by atoms with Crippen molar-refractivity contribution in [1.82, 2.24) is 0 Å². The molecule has 1 nitrogen and oxygen atoms in total. The van der Waals surface area contributed by atoms with Gasteiger partial charge < -0.3 is 4.74 Å². The first-order chi connectivity index (χ1) is 10.5. The number of hydrogen-bond donors (Lipinski definition) is 0. The Bertz CT molecular complexity index is 557. The van der Waals surface area contributed by atoms with Gasteiger partial charge in [0.2, 0.25) is 0 Å². The van der Waals surface area contributed by atoms with Crippen LogP contribution in [0.5, 0.6) is 0 Å². The minimum atomic E-state index is -2.09. The summed E-state index contributed by atoms with van der Waals surface area (Å²) in [5, 5.41) is 2.98. The molecule has 0 atom stereocenters. The predicted molar refractivity (Wildman–Crippen MR) is 98.4 cm³/mol. The van der Waals surface area contributed by atoms with Crippen LogP contribution in [0.2, 0.25) is 5.04 Å². The summed E-state index contributed by atoms with van der Waals surface area (Å²) in [6.07, 6.45) is 1.91. The number of benzene rings is 2. The Labute approximate surface area is 135 Å². The molecule has 0 aliphatic rings. The fourth-order valence-electron chi connectivity index (χ4n) is 3.12. The van der Waals surface area contributed by atoms with Crippen LogP contribution in [0.15, 0.2) is 72.6 Å². The highest BCUT2D eigenvalue weighted by Gasteiger charge is 2.45. The van der Waals surface area contributed by atoms with Crippen LogP contribution in [0, 0.1) is 0 Å². The van der Waals surface area contributed by atoms with E-state index in [1.807, 2.05) is 13.2 Å². The van der Waals surface area contributed by atoms with Crippen LogP contribution in [0.4, 0.5) is 0 Å². The Balaban J connectivity index is 2.70. The molecule has 2 rings (SSSR count). The standard InChI is InChI=1S/C20H26OSi/c1-5-21-16-17-22(20(2,3)4,18-12-8-6-9-13-18)19-14-10-7-11-15-19/h6-17H,5H2,1-4H3/b17-16-. The lowest BCUT2D eigenvalue weighted by molar-refractivity contribution is 0.269. The van der Waals surface area contributed by atoms with E-state index in [-0.39, 0.29) is 5.04 Å². The summed E-state index contributed by atoms with van der Waals surface area (Å²) in [5.74, 6) is 0. The maximum Gasteiger partial charge on any atom is 0.149 e. The van der Waals surface area contributed by atoms with Crippen molar-refractivity contribution < 1.29 is 4.74 Å². The minimum absolute atomic E-state index is 0.142. The third-order valence-electron chi connectivity index (χ3n) is 4.22. The lowest BCUT2D eigenvalue weighted by Gasteiger charge is -2.41. The summed E-state index contributed by atoms with van der Waals surface area (Å²) < 4.78 is 5.58. The number of ether oxygens (including phenoxy) is 1. The molecular formula is C20H26OSi. The molecule has 0 saturated carbocycles. The van der Waals surface area contributed by atoms with Gasteiger partial charge in [-0.25, -0.2) is 0 Å². The van der Waals surface area contributed by atoms with E-state index >= 15 is 0 Å². The average molecular weight is 311 g/mol. The van der Waals surface area contributed by atoms with Gasteiger partial charge in [0, 0.05) is 0 Å². The van der Waals surface area contributed by atoms with Crippen LogP contribution >= 0.6 is 0 Å². The molecule has 0 aromatic heterocycles. The third-order valence-corrected chi connectivity index (χ3v) is 9.71. The van der Waals surface area contributed by atoms with Gasteiger partial charge in [-0.05, 0) is 22.3 Å². The van der Waals surface area contributed by atoms with Crippen LogP contribution in [0.3, 0.4) is 0 Å². The van der Waals surface area contributed by atoms with Gasteiger partial charge in [0.15, 0.2) is 0 Å². The third kappa shape index (κ3) is 3.17. The van der Waals surface area contributed by atoms with E-state index in [9.17, 15) is 0 Å². The summed E-state index contributed by atoms with van der Waals surface area (Å²) in [6.45, 7) is 9.75. The average Bonchev–Trinajstić information content (AvgIpc) is 2.52. The largest absolute Gasteiger partial charge is 0.502 e. The van der Waals surface area contributed by atoms with Gasteiger partial charge in [-0.15, -0.1) is 0 Å². The van der Waals surface area contributed by atoms with Crippen LogP contribution in [-0.4, -0.2) is 14.7 Å². The van der Waals surface area contributed by atoms with E-state index in [2.05, 4.69) is 87.1 Å². The van der Waals surface area contributed by atoms with Crippen molar-refractivity contribution in [1.29, 1.82) is 0 Å². The Morgan fingerprint density at radius 1 is 0.864 bits per heavy atom. The highest BCUT2D eigenvalue weighted by atomic mass is 28.3. The summed E-state index contributed by atoms with van der Waals surface area (Å²) in [6, 6.07) is 21.8. The first kappa shape index (κ1) is 16.6. The monoisotopic (exact) mass is 310 g/mol. The van der Waals surface area contributed by atoms with E-state index < -0.39 is 8.07 Å². The van der Waals surface area contributed by atoms with E-state index in [0.717, 1.165) is 0 Å². The second-order valence-electron chi connectivity index (χ2n) is 6.55. The second-order valence-corrected chi connectivity index (χ2v) is 11.2. The second kappa shape index (κ2) is 6.97. The quantitative estimate of drug-likeness (QED) is 0.596. The van der Waals surface area contributed by atoms with Gasteiger partial charge in [-0.2, -0.15) is 0 Å². The highest BCUT2D eigenvalue weighted by molar-refractivity contribution is 7.07. The molecule has 0 heterocycles. The van der Waals surface area contributed by atoms with Crippen LogP contribution in [0.1, 0.15) is 27.7 Å². The zero-order valence-corrected chi connectivity index (χ0v) is 15.0. The van der Waals surface area contributed by atoms with Crippen LogP contribution in [0.25, 0.3) is 0 Å². The molecule has 2 heteroatoms. The van der Waals surface area contributed by atoms with Gasteiger partial charge in [0.1, 0.15) is 8.07 Å². The first-order valence-corrected chi connectivity index (χ1v) is 10.0. The van der Waals surface area contributed by atoms with Gasteiger partial charge in [0.25, 0.3) is 0 Å². The molecule has 0 saturated heterocycles. The number of rotatable bonds is 5. The Hall–Kier alpha value is -1.80. The van der Waals surface area contributed by atoms with Gasteiger partial charge in [-0.1, -0.05) is 87.1 Å². The normalized spacial score (nSPS) is 12.5. The molecule has 116 valence electrons. The maximum atomic E-state index is 5.58. The van der Waals surface area contributed by atoms with Crippen molar-refractivity contribution in [3.05, 3.63) is 72.6 Å². The molecule has 0 bridgehead atoms. The summed E-state index contributed by atoms with van der Waals surface area (Å²) in [5.41, 5.74) is 2.35. The smallest absolute Gasteiger partial charge is 0.149 e. The van der Waals surface area contributed by atoms with E-state index in [0.29, 0.717) is 6.61 Å². The molecule has 2 aromatic carbocycles. The first-order valence-electron chi connectivity index (χ1n) is 7.92. The molecule has 0 aliphatic heterocycles. The van der Waals surface area contributed by atoms with Crippen LogP contribution < -0.4 is 10.4 Å². The summed E-state index contributed by atoms with van der Waals surface area (Å²) >= 11 is 0. The van der Waals surface area contributed by atoms with Crippen LogP contribution in [-0.2, 0) is 4.74 Å². The molecule has 0 amide bonds. The Morgan fingerprint density at radius 2 is 1.32 bits per heavy atom. The van der Waals surface area contributed by atoms with E-state index in [4.69, 9.17) is 4.74 Å². The topological polar surface area (TPSA) is 9.23 Å². The molecule has 0 aliphatic carbocycles. The van der Waals surface area contributed by atoms with Gasteiger partial charge in [-0.3, -0.25) is 0 Å². The molecule has 0 spiro atoms. The van der Waals surface area contributed by atoms with Crippen molar-refractivity contribution in [2.24, 2.45) is 0 Å². The van der Waals surface area contributed by atoms with Crippen molar-refractivity contribution in [3.8, 4) is 0 Å². The Morgan fingerprint density at radius 3 is 1.68 bits per heavy atom. The summed E-state index contributed by atoms with van der Waals surface area (Å²) in [4.78, 5) is 0. The zero-order valence-electron chi connectivity index (χ0n) is 14.0. The molecule has 0 N–H and O–H groups in total. The fraction of sp³-hybridized carbons (Fsp3) is 0.300. The lowest BCUT2D eigenvalue weighted by atomic mass is 10.2. The summed E-state index contributed by atoms with van der Waals surface area (Å²) in [7, 11) is -2.09. The minimum Gasteiger partial charge on any atom is -0.502 e. The van der Waals surface area contributed by atoms with E-state index in [1.54, 1.807) is 0 Å². The van der Waals surface area contributed by atoms with Crippen molar-refractivity contribution in [2.75, 3.05) is 6.61 Å². The molecular weight excluding hydrogens is 284 g/mol. The SMILES string of the molecule is CCO/C=C\[Si](c1ccccc1)(c1ccccc1)C(C)(C)C. The molecule has 0 unspecified atom stereocenters. The van der Waals surface area contributed by atoms with Crippen molar-refractivity contribution in [3.63, 3.8) is 0 Å². The maximum absolute atomic E-state index is 5.58. The van der Waals surface area contributed by atoms with Gasteiger partial charge in [0.05, 0.1) is 12.9 Å². The highest BCUT2D eigenvalue weighted by Crippen LogP contribution is 2.36. The predicted octanol–water partition coefficient (Wildman–Crippen LogP) is 4.14. The van der Waals surface area contributed by atoms with Crippen molar-refractivity contribution >= 4 is 18.4 Å². The Kier molecular flexibility index (Phi) is 5.25. The van der Waals surface area contributed by atoms with E-state index in [1.165, 1.54) is 10.4 Å². The molecule has 2 aromatic rings. The zero-order chi connectivity index (χ0) is 16.1. The van der Waals surface area contributed by atoms with Gasteiger partial charge >= 0.3 is 0 Å².